The Kier molecular flexibility index (Phi) is 5.18. The number of piperazine rings is 1. The Morgan fingerprint density at radius 2 is 1.63 bits per heavy atom. The van der Waals surface area contributed by atoms with Gasteiger partial charge < -0.3 is 15.3 Å². The standard InChI is InChI=1S/C19H17F3N2O3/c20-19(21,22)14-7-6-13(18(26)27)16(24-10-8-23-9-11-24)15(14)17(25)12-4-2-1-3-5-12/h1-7,23H,8-11H2,(H,26,27). The lowest BCUT2D eigenvalue weighted by atomic mass is 9.92. The maximum atomic E-state index is 13.7. The van der Waals surface area contributed by atoms with Crippen molar-refractivity contribution in [1.29, 1.82) is 0 Å². The number of halogens is 3. The molecule has 2 aromatic rings. The lowest BCUT2D eigenvalue weighted by Gasteiger charge is -2.33. The van der Waals surface area contributed by atoms with Crippen LogP contribution in [0, 0.1) is 0 Å². The van der Waals surface area contributed by atoms with Crippen molar-refractivity contribution in [3.8, 4) is 0 Å². The van der Waals surface area contributed by atoms with Crippen molar-refractivity contribution in [2.45, 2.75) is 6.18 Å². The number of nitrogens with one attached hydrogen (secondary N) is 1. The molecule has 0 aromatic heterocycles. The van der Waals surface area contributed by atoms with Crippen molar-refractivity contribution in [1.82, 2.24) is 5.32 Å². The first-order valence-corrected chi connectivity index (χ1v) is 8.33. The summed E-state index contributed by atoms with van der Waals surface area (Å²) in [5, 5.41) is 12.6. The Balaban J connectivity index is 2.30. The minimum atomic E-state index is -4.79. The number of carboxylic acid groups (broad SMARTS) is 1. The van der Waals surface area contributed by atoms with Crippen molar-refractivity contribution >= 4 is 17.4 Å². The Morgan fingerprint density at radius 3 is 2.19 bits per heavy atom. The fourth-order valence-corrected chi connectivity index (χ4v) is 3.18. The van der Waals surface area contributed by atoms with Gasteiger partial charge in [-0.05, 0) is 12.1 Å². The molecule has 0 aliphatic carbocycles. The van der Waals surface area contributed by atoms with Crippen LogP contribution in [-0.4, -0.2) is 43.0 Å². The summed E-state index contributed by atoms with van der Waals surface area (Å²) in [5.74, 6) is -2.22. The smallest absolute Gasteiger partial charge is 0.417 e. The van der Waals surface area contributed by atoms with Crippen LogP contribution < -0.4 is 10.2 Å². The number of carbonyl (C=O) groups excluding carboxylic acids is 1. The monoisotopic (exact) mass is 378 g/mol. The Hall–Kier alpha value is -2.87. The molecule has 2 N–H and O–H groups in total. The summed E-state index contributed by atoms with van der Waals surface area (Å²) in [6.45, 7) is 1.57. The van der Waals surface area contributed by atoms with E-state index in [0.717, 1.165) is 6.07 Å². The molecule has 3 rings (SSSR count). The summed E-state index contributed by atoms with van der Waals surface area (Å²) in [7, 11) is 0. The second-order valence-electron chi connectivity index (χ2n) is 6.12. The predicted octanol–water partition coefficient (Wildman–Crippen LogP) is 3.04. The third-order valence-electron chi connectivity index (χ3n) is 4.41. The van der Waals surface area contributed by atoms with Gasteiger partial charge in [-0.2, -0.15) is 13.2 Å². The molecule has 0 saturated carbocycles. The molecule has 2 aromatic carbocycles. The van der Waals surface area contributed by atoms with Crippen LogP contribution >= 0.6 is 0 Å². The van der Waals surface area contributed by atoms with Gasteiger partial charge in [-0.3, -0.25) is 4.79 Å². The second kappa shape index (κ2) is 7.40. The largest absolute Gasteiger partial charge is 0.478 e. The molecule has 142 valence electrons. The Labute approximate surface area is 153 Å². The number of carbonyl (C=O) groups is 2. The third kappa shape index (κ3) is 3.80. The molecule has 8 heteroatoms. The van der Waals surface area contributed by atoms with E-state index in [2.05, 4.69) is 5.32 Å². The average molecular weight is 378 g/mol. The van der Waals surface area contributed by atoms with E-state index in [0.29, 0.717) is 32.2 Å². The van der Waals surface area contributed by atoms with Gasteiger partial charge in [0.05, 0.1) is 22.4 Å². The van der Waals surface area contributed by atoms with Gasteiger partial charge in [-0.1, -0.05) is 30.3 Å². The van der Waals surface area contributed by atoms with Crippen molar-refractivity contribution in [3.05, 3.63) is 64.7 Å². The molecule has 1 saturated heterocycles. The minimum absolute atomic E-state index is 0.0712. The zero-order valence-corrected chi connectivity index (χ0v) is 14.2. The summed E-state index contributed by atoms with van der Waals surface area (Å²) in [4.78, 5) is 26.3. The summed E-state index contributed by atoms with van der Waals surface area (Å²) in [6, 6.07) is 9.16. The number of anilines is 1. The van der Waals surface area contributed by atoms with Crippen molar-refractivity contribution in [3.63, 3.8) is 0 Å². The summed E-state index contributed by atoms with van der Waals surface area (Å²) in [5.41, 5.74) is -2.16. The van der Waals surface area contributed by atoms with E-state index >= 15 is 0 Å². The minimum Gasteiger partial charge on any atom is -0.478 e. The normalized spacial score (nSPS) is 14.9. The average Bonchev–Trinajstić information content (AvgIpc) is 2.66. The second-order valence-corrected chi connectivity index (χ2v) is 6.12. The van der Waals surface area contributed by atoms with Gasteiger partial charge in [0.15, 0.2) is 5.78 Å². The molecule has 1 aliphatic rings. The van der Waals surface area contributed by atoms with Crippen molar-refractivity contribution < 1.29 is 27.9 Å². The van der Waals surface area contributed by atoms with Crippen LogP contribution in [0.15, 0.2) is 42.5 Å². The fourth-order valence-electron chi connectivity index (χ4n) is 3.18. The van der Waals surface area contributed by atoms with Crippen LogP contribution in [0.1, 0.15) is 31.8 Å². The molecule has 0 unspecified atom stereocenters. The zero-order chi connectivity index (χ0) is 19.6. The number of hydrogen-bond acceptors (Lipinski definition) is 4. The SMILES string of the molecule is O=C(O)c1ccc(C(F)(F)F)c(C(=O)c2ccccc2)c1N1CCNCC1. The summed E-state index contributed by atoms with van der Waals surface area (Å²) >= 11 is 0. The molecular formula is C19H17F3N2O3. The number of alkyl halides is 3. The van der Waals surface area contributed by atoms with Gasteiger partial charge in [0.25, 0.3) is 0 Å². The number of ketones is 1. The van der Waals surface area contributed by atoms with E-state index in [4.69, 9.17) is 0 Å². The first-order chi connectivity index (χ1) is 12.8. The Morgan fingerprint density at radius 1 is 1.00 bits per heavy atom. The predicted molar refractivity (Wildman–Crippen MR) is 93.4 cm³/mol. The number of hydrogen-bond donors (Lipinski definition) is 2. The molecule has 5 nitrogen and oxygen atoms in total. The van der Waals surface area contributed by atoms with Gasteiger partial charge >= 0.3 is 12.1 Å². The molecular weight excluding hydrogens is 361 g/mol. The molecule has 0 spiro atoms. The van der Waals surface area contributed by atoms with Crippen LogP contribution in [-0.2, 0) is 6.18 Å². The zero-order valence-electron chi connectivity index (χ0n) is 14.2. The molecule has 27 heavy (non-hydrogen) atoms. The van der Waals surface area contributed by atoms with E-state index in [1.54, 1.807) is 18.2 Å². The maximum absolute atomic E-state index is 13.7. The molecule has 0 bridgehead atoms. The lowest BCUT2D eigenvalue weighted by molar-refractivity contribution is -0.137. The van der Waals surface area contributed by atoms with Crippen LogP contribution in [0.5, 0.6) is 0 Å². The van der Waals surface area contributed by atoms with Gasteiger partial charge in [-0.25, -0.2) is 4.79 Å². The molecule has 1 heterocycles. The highest BCUT2D eigenvalue weighted by molar-refractivity contribution is 6.16. The Bertz CT molecular complexity index is 860. The van der Waals surface area contributed by atoms with Crippen LogP contribution in [0.3, 0.4) is 0 Å². The topological polar surface area (TPSA) is 69.6 Å². The van der Waals surface area contributed by atoms with E-state index in [-0.39, 0.29) is 16.8 Å². The number of carboxylic acids is 1. The lowest BCUT2D eigenvalue weighted by Crippen LogP contribution is -2.45. The van der Waals surface area contributed by atoms with Gasteiger partial charge in [-0.15, -0.1) is 0 Å². The first kappa shape index (κ1) is 18.9. The summed E-state index contributed by atoms with van der Waals surface area (Å²) in [6.07, 6.45) is -4.79. The first-order valence-electron chi connectivity index (χ1n) is 8.33. The quantitative estimate of drug-likeness (QED) is 0.801. The van der Waals surface area contributed by atoms with E-state index in [9.17, 15) is 27.9 Å². The van der Waals surface area contributed by atoms with E-state index < -0.39 is 29.1 Å². The maximum Gasteiger partial charge on any atom is 0.417 e. The number of benzene rings is 2. The highest BCUT2D eigenvalue weighted by Gasteiger charge is 2.39. The van der Waals surface area contributed by atoms with Gasteiger partial charge in [0.1, 0.15) is 0 Å². The summed E-state index contributed by atoms with van der Waals surface area (Å²) < 4.78 is 41.0. The van der Waals surface area contributed by atoms with Crippen molar-refractivity contribution in [2.24, 2.45) is 0 Å². The fraction of sp³-hybridized carbons (Fsp3) is 0.263. The van der Waals surface area contributed by atoms with Crippen LogP contribution in [0.4, 0.5) is 18.9 Å². The molecule has 0 atom stereocenters. The highest BCUT2D eigenvalue weighted by Crippen LogP contribution is 2.39. The molecule has 1 fully saturated rings. The number of rotatable bonds is 4. The van der Waals surface area contributed by atoms with Crippen LogP contribution in [0.2, 0.25) is 0 Å². The number of nitrogens with zero attached hydrogens (tertiary/aromatic N) is 1. The van der Waals surface area contributed by atoms with Crippen LogP contribution in [0.25, 0.3) is 0 Å². The number of aromatic carboxylic acids is 1. The third-order valence-corrected chi connectivity index (χ3v) is 4.41. The highest BCUT2D eigenvalue weighted by atomic mass is 19.4. The van der Waals surface area contributed by atoms with E-state index in [1.165, 1.54) is 17.0 Å². The van der Waals surface area contributed by atoms with Crippen molar-refractivity contribution in [2.75, 3.05) is 31.1 Å². The molecule has 0 radical (unpaired) electrons. The van der Waals surface area contributed by atoms with E-state index in [1.807, 2.05) is 0 Å². The molecule has 0 amide bonds. The van der Waals surface area contributed by atoms with Gasteiger partial charge in [0.2, 0.25) is 0 Å². The van der Waals surface area contributed by atoms with Gasteiger partial charge in [0, 0.05) is 31.7 Å². The molecule has 1 aliphatic heterocycles.